The summed E-state index contributed by atoms with van der Waals surface area (Å²) in [6.45, 7) is 3.98. The van der Waals surface area contributed by atoms with Crippen LogP contribution < -0.4 is 10.1 Å². The van der Waals surface area contributed by atoms with Gasteiger partial charge < -0.3 is 10.1 Å². The molecule has 0 bridgehead atoms. The van der Waals surface area contributed by atoms with Gasteiger partial charge in [0.2, 0.25) is 5.91 Å². The standard InChI is InChI=1S/C22H20F2N4O3S/c1-3-10-31-16-7-4-14(5-8-16)13-26-28-21(30)19(32-22(28)25-2)12-20(29)27-18-9-6-15(23)11-17(18)24/h3-9,11,13,19H,1,10,12H2,2H3,(H,27,29)/b25-22?,26-13-/t19-/m1/s1. The molecule has 2 aromatic carbocycles. The summed E-state index contributed by atoms with van der Waals surface area (Å²) in [4.78, 5) is 29.1. The molecule has 1 atom stereocenters. The van der Waals surface area contributed by atoms with Crippen LogP contribution in [0.3, 0.4) is 0 Å². The highest BCUT2D eigenvalue weighted by atomic mass is 32.2. The second-order valence-electron chi connectivity index (χ2n) is 6.55. The number of carbonyl (C=O) groups excluding carboxylic acids is 2. The van der Waals surface area contributed by atoms with Gasteiger partial charge in [0.25, 0.3) is 5.91 Å². The van der Waals surface area contributed by atoms with Crippen LogP contribution in [0.15, 0.2) is 65.2 Å². The fourth-order valence-electron chi connectivity index (χ4n) is 2.73. The first kappa shape index (κ1) is 23.1. The van der Waals surface area contributed by atoms with Crippen LogP contribution in [0, 0.1) is 11.6 Å². The number of benzene rings is 2. The van der Waals surface area contributed by atoms with E-state index in [1.165, 1.54) is 13.3 Å². The molecule has 0 spiro atoms. The maximum absolute atomic E-state index is 13.7. The van der Waals surface area contributed by atoms with Crippen molar-refractivity contribution in [2.75, 3.05) is 19.0 Å². The third kappa shape index (κ3) is 5.79. The van der Waals surface area contributed by atoms with Gasteiger partial charge in [0.1, 0.15) is 29.2 Å². The Kier molecular flexibility index (Phi) is 7.72. The van der Waals surface area contributed by atoms with Gasteiger partial charge in [-0.2, -0.15) is 10.1 Å². The number of nitrogens with one attached hydrogen (secondary N) is 1. The molecule has 0 saturated carbocycles. The molecule has 0 unspecified atom stereocenters. The van der Waals surface area contributed by atoms with Crippen molar-refractivity contribution in [3.63, 3.8) is 0 Å². The van der Waals surface area contributed by atoms with Gasteiger partial charge in [-0.05, 0) is 42.0 Å². The van der Waals surface area contributed by atoms with Gasteiger partial charge in [-0.25, -0.2) is 8.78 Å². The van der Waals surface area contributed by atoms with Crippen LogP contribution in [0.5, 0.6) is 5.75 Å². The topological polar surface area (TPSA) is 83.4 Å². The molecule has 1 N–H and O–H groups in total. The molecule has 7 nitrogen and oxygen atoms in total. The van der Waals surface area contributed by atoms with Gasteiger partial charge >= 0.3 is 0 Å². The number of thioether (sulfide) groups is 1. The van der Waals surface area contributed by atoms with Gasteiger partial charge in [0.05, 0.1) is 11.9 Å². The predicted molar refractivity (Wildman–Crippen MR) is 121 cm³/mol. The zero-order chi connectivity index (χ0) is 23.1. The van der Waals surface area contributed by atoms with Crippen LogP contribution in [0.25, 0.3) is 0 Å². The minimum atomic E-state index is -0.897. The summed E-state index contributed by atoms with van der Waals surface area (Å²) in [7, 11) is 1.51. The Morgan fingerprint density at radius 3 is 2.69 bits per heavy atom. The van der Waals surface area contributed by atoms with Gasteiger partial charge in [0.15, 0.2) is 5.17 Å². The lowest BCUT2D eigenvalue weighted by molar-refractivity contribution is -0.128. The number of halogens is 2. The third-order valence-corrected chi connectivity index (χ3v) is 5.47. The molecule has 1 fully saturated rings. The van der Waals surface area contributed by atoms with Crippen LogP contribution in [0.4, 0.5) is 14.5 Å². The first-order valence-electron chi connectivity index (χ1n) is 9.51. The number of hydrazone groups is 1. The van der Waals surface area contributed by atoms with Crippen molar-refractivity contribution in [2.45, 2.75) is 11.7 Å². The minimum absolute atomic E-state index is 0.161. The second kappa shape index (κ2) is 10.7. The number of anilines is 1. The van der Waals surface area contributed by atoms with E-state index in [4.69, 9.17) is 4.74 Å². The van der Waals surface area contributed by atoms with E-state index in [1.54, 1.807) is 30.3 Å². The average Bonchev–Trinajstić information content (AvgIpc) is 3.07. The Labute approximate surface area is 187 Å². The molecule has 2 amide bonds. The smallest absolute Gasteiger partial charge is 0.263 e. The van der Waals surface area contributed by atoms with Crippen molar-refractivity contribution < 1.29 is 23.1 Å². The number of hydrogen-bond acceptors (Lipinski definition) is 6. The number of amides is 2. The fourth-order valence-corrected chi connectivity index (χ4v) is 3.76. The van der Waals surface area contributed by atoms with Crippen molar-refractivity contribution in [2.24, 2.45) is 10.1 Å². The van der Waals surface area contributed by atoms with Gasteiger partial charge in [-0.1, -0.05) is 24.4 Å². The number of carbonyl (C=O) groups is 2. The van der Waals surface area contributed by atoms with Crippen LogP contribution in [0.1, 0.15) is 12.0 Å². The molecule has 1 saturated heterocycles. The van der Waals surface area contributed by atoms with Gasteiger partial charge in [0, 0.05) is 19.5 Å². The summed E-state index contributed by atoms with van der Waals surface area (Å²) in [5, 5.41) is 7.24. The highest BCUT2D eigenvalue weighted by molar-refractivity contribution is 8.15. The predicted octanol–water partition coefficient (Wildman–Crippen LogP) is 3.82. The zero-order valence-corrected chi connectivity index (χ0v) is 17.9. The molecule has 1 heterocycles. The Morgan fingerprint density at radius 2 is 2.03 bits per heavy atom. The number of hydrogen-bond donors (Lipinski definition) is 1. The molecule has 0 aromatic heterocycles. The lowest BCUT2D eigenvalue weighted by atomic mass is 10.2. The van der Waals surface area contributed by atoms with Gasteiger partial charge in [-0.3, -0.25) is 14.6 Å². The summed E-state index contributed by atoms with van der Waals surface area (Å²) in [5.41, 5.74) is 0.573. The van der Waals surface area contributed by atoms with Crippen LogP contribution >= 0.6 is 11.8 Å². The molecule has 0 aliphatic carbocycles. The second-order valence-corrected chi connectivity index (χ2v) is 7.72. The Bertz CT molecular complexity index is 1070. The number of rotatable bonds is 8. The molecule has 10 heteroatoms. The van der Waals surface area contributed by atoms with Gasteiger partial charge in [-0.15, -0.1) is 0 Å². The summed E-state index contributed by atoms with van der Waals surface area (Å²) in [5.74, 6) is -1.98. The summed E-state index contributed by atoms with van der Waals surface area (Å²) < 4.78 is 32.2. The lowest BCUT2D eigenvalue weighted by Crippen LogP contribution is -2.30. The maximum atomic E-state index is 13.7. The monoisotopic (exact) mass is 458 g/mol. The molecule has 1 aliphatic heterocycles. The third-order valence-electron chi connectivity index (χ3n) is 4.25. The van der Waals surface area contributed by atoms with E-state index in [0.717, 1.165) is 34.5 Å². The lowest BCUT2D eigenvalue weighted by Gasteiger charge is -2.10. The molecule has 0 radical (unpaired) electrons. The van der Waals surface area contributed by atoms with Crippen LogP contribution in [-0.2, 0) is 9.59 Å². The van der Waals surface area contributed by atoms with Crippen molar-refractivity contribution in [3.05, 3.63) is 72.3 Å². The fraction of sp³-hybridized carbons (Fsp3) is 0.182. The number of amidine groups is 1. The number of ether oxygens (including phenoxy) is 1. The van der Waals surface area contributed by atoms with Crippen LogP contribution in [0.2, 0.25) is 0 Å². The molecule has 166 valence electrons. The Balaban J connectivity index is 1.63. The quantitative estimate of drug-likeness (QED) is 0.482. The summed E-state index contributed by atoms with van der Waals surface area (Å²) in [6.07, 6.45) is 2.92. The average molecular weight is 458 g/mol. The van der Waals surface area contributed by atoms with Crippen molar-refractivity contribution in [3.8, 4) is 5.75 Å². The molecule has 2 aromatic rings. The SMILES string of the molecule is C=CCOc1ccc(/C=N\N2C(=O)[C@@H](CC(=O)Nc3ccc(F)cc3F)SC2=NC)cc1. The summed E-state index contributed by atoms with van der Waals surface area (Å²) >= 11 is 1.09. The zero-order valence-electron chi connectivity index (χ0n) is 17.1. The normalized spacial score (nSPS) is 17.2. The summed E-state index contributed by atoms with van der Waals surface area (Å²) in [6, 6.07) is 9.91. The maximum Gasteiger partial charge on any atom is 0.263 e. The van der Waals surface area contributed by atoms with E-state index in [2.05, 4.69) is 22.0 Å². The number of aliphatic imine (C=N–C) groups is 1. The van der Waals surface area contributed by atoms with E-state index in [0.29, 0.717) is 23.6 Å². The Morgan fingerprint density at radius 1 is 1.28 bits per heavy atom. The van der Waals surface area contributed by atoms with Crippen LogP contribution in [-0.4, -0.2) is 47.1 Å². The molecule has 3 rings (SSSR count). The van der Waals surface area contributed by atoms with E-state index in [1.807, 2.05) is 0 Å². The van der Waals surface area contributed by atoms with E-state index in [9.17, 15) is 18.4 Å². The van der Waals surface area contributed by atoms with Crippen molar-refractivity contribution >= 4 is 40.6 Å². The van der Waals surface area contributed by atoms with E-state index < -0.39 is 28.7 Å². The molecule has 1 aliphatic rings. The van der Waals surface area contributed by atoms with E-state index >= 15 is 0 Å². The largest absolute Gasteiger partial charge is 0.490 e. The molecular formula is C22H20F2N4O3S. The Hall–Kier alpha value is -3.53. The highest BCUT2D eigenvalue weighted by Crippen LogP contribution is 2.30. The minimum Gasteiger partial charge on any atom is -0.490 e. The number of nitrogens with zero attached hydrogens (tertiary/aromatic N) is 3. The van der Waals surface area contributed by atoms with Crippen molar-refractivity contribution in [1.82, 2.24) is 5.01 Å². The molecular weight excluding hydrogens is 438 g/mol. The van der Waals surface area contributed by atoms with E-state index in [-0.39, 0.29) is 12.1 Å². The highest BCUT2D eigenvalue weighted by Gasteiger charge is 2.39. The molecule has 32 heavy (non-hydrogen) atoms. The first-order valence-corrected chi connectivity index (χ1v) is 10.4. The van der Waals surface area contributed by atoms with Crippen molar-refractivity contribution in [1.29, 1.82) is 0 Å². The first-order chi connectivity index (χ1) is 15.4.